The standard InChI is InChI=1S/C15H18BrNO2/c1-10-4-6-13(19-10)9-17(3)12-5-7-14(11(2)18)15(16)8-12/h4-8,11,18H,9H2,1-3H3. The Morgan fingerprint density at radius 3 is 2.58 bits per heavy atom. The van der Waals surface area contributed by atoms with E-state index in [4.69, 9.17) is 4.42 Å². The molecule has 0 amide bonds. The summed E-state index contributed by atoms with van der Waals surface area (Å²) in [7, 11) is 2.02. The minimum atomic E-state index is -0.471. The zero-order chi connectivity index (χ0) is 14.0. The largest absolute Gasteiger partial charge is 0.464 e. The van der Waals surface area contributed by atoms with E-state index in [1.807, 2.05) is 44.3 Å². The Balaban J connectivity index is 2.15. The zero-order valence-corrected chi connectivity index (χ0v) is 12.9. The smallest absolute Gasteiger partial charge is 0.123 e. The molecule has 0 aliphatic rings. The lowest BCUT2D eigenvalue weighted by Crippen LogP contribution is -2.16. The highest BCUT2D eigenvalue weighted by Crippen LogP contribution is 2.28. The topological polar surface area (TPSA) is 36.6 Å². The van der Waals surface area contributed by atoms with E-state index in [0.717, 1.165) is 27.2 Å². The minimum Gasteiger partial charge on any atom is -0.464 e. The van der Waals surface area contributed by atoms with Crippen LogP contribution in [0.3, 0.4) is 0 Å². The number of aliphatic hydroxyl groups is 1. The van der Waals surface area contributed by atoms with Gasteiger partial charge in [0.15, 0.2) is 0 Å². The Kier molecular flexibility index (Phi) is 4.32. The van der Waals surface area contributed by atoms with Crippen LogP contribution in [0.4, 0.5) is 5.69 Å². The molecule has 0 spiro atoms. The van der Waals surface area contributed by atoms with Gasteiger partial charge in [0.2, 0.25) is 0 Å². The van der Waals surface area contributed by atoms with Gasteiger partial charge in [-0.25, -0.2) is 0 Å². The van der Waals surface area contributed by atoms with E-state index in [9.17, 15) is 5.11 Å². The molecule has 4 heteroatoms. The van der Waals surface area contributed by atoms with E-state index in [-0.39, 0.29) is 0 Å². The van der Waals surface area contributed by atoms with Crippen molar-refractivity contribution in [2.24, 2.45) is 0 Å². The van der Waals surface area contributed by atoms with Crippen LogP contribution in [0.15, 0.2) is 39.2 Å². The van der Waals surface area contributed by atoms with Crippen molar-refractivity contribution < 1.29 is 9.52 Å². The van der Waals surface area contributed by atoms with Gasteiger partial charge in [0.05, 0.1) is 12.6 Å². The van der Waals surface area contributed by atoms with Crippen LogP contribution in [0.1, 0.15) is 30.1 Å². The maximum absolute atomic E-state index is 9.61. The third-order valence-electron chi connectivity index (χ3n) is 3.06. The number of furan rings is 1. The van der Waals surface area contributed by atoms with E-state index >= 15 is 0 Å². The van der Waals surface area contributed by atoms with Crippen molar-refractivity contribution in [3.05, 3.63) is 51.9 Å². The van der Waals surface area contributed by atoms with Gasteiger partial charge in [-0.2, -0.15) is 0 Å². The number of hydrogen-bond donors (Lipinski definition) is 1. The first-order chi connectivity index (χ1) is 8.97. The van der Waals surface area contributed by atoms with E-state index in [2.05, 4.69) is 20.8 Å². The molecular formula is C15H18BrNO2. The van der Waals surface area contributed by atoms with Crippen molar-refractivity contribution >= 4 is 21.6 Å². The fourth-order valence-electron chi connectivity index (χ4n) is 1.99. The van der Waals surface area contributed by atoms with Crippen molar-refractivity contribution in [1.29, 1.82) is 0 Å². The number of aliphatic hydroxyl groups excluding tert-OH is 1. The molecule has 2 rings (SSSR count). The summed E-state index contributed by atoms with van der Waals surface area (Å²) in [6.07, 6.45) is -0.471. The van der Waals surface area contributed by atoms with Crippen molar-refractivity contribution in [1.82, 2.24) is 0 Å². The molecule has 0 aliphatic heterocycles. The van der Waals surface area contributed by atoms with Gasteiger partial charge >= 0.3 is 0 Å². The van der Waals surface area contributed by atoms with Crippen LogP contribution in [0.25, 0.3) is 0 Å². The Bertz CT molecular complexity index is 563. The van der Waals surface area contributed by atoms with Gasteiger partial charge in [-0.3, -0.25) is 0 Å². The predicted octanol–water partition coefficient (Wildman–Crippen LogP) is 4.04. The van der Waals surface area contributed by atoms with Gasteiger partial charge < -0.3 is 14.4 Å². The molecule has 1 aromatic carbocycles. The second-order valence-corrected chi connectivity index (χ2v) is 5.60. The first-order valence-electron chi connectivity index (χ1n) is 6.21. The maximum Gasteiger partial charge on any atom is 0.123 e. The molecule has 2 aromatic rings. The molecule has 0 bridgehead atoms. The van der Waals surface area contributed by atoms with Crippen LogP contribution in [-0.4, -0.2) is 12.2 Å². The van der Waals surface area contributed by atoms with Crippen LogP contribution < -0.4 is 4.90 Å². The molecule has 19 heavy (non-hydrogen) atoms. The highest BCUT2D eigenvalue weighted by Gasteiger charge is 2.10. The molecular weight excluding hydrogens is 306 g/mol. The molecule has 1 N–H and O–H groups in total. The molecule has 0 saturated carbocycles. The molecule has 0 saturated heterocycles. The summed E-state index contributed by atoms with van der Waals surface area (Å²) in [6, 6.07) is 9.91. The first kappa shape index (κ1) is 14.2. The predicted molar refractivity (Wildman–Crippen MR) is 80.3 cm³/mol. The third kappa shape index (κ3) is 3.39. The summed E-state index contributed by atoms with van der Waals surface area (Å²) in [5.74, 6) is 1.87. The molecule has 1 heterocycles. The van der Waals surface area contributed by atoms with Gasteiger partial charge in [-0.05, 0) is 43.7 Å². The van der Waals surface area contributed by atoms with Crippen LogP contribution in [0.5, 0.6) is 0 Å². The number of benzene rings is 1. The van der Waals surface area contributed by atoms with Gasteiger partial charge in [-0.15, -0.1) is 0 Å². The first-order valence-corrected chi connectivity index (χ1v) is 7.00. The van der Waals surface area contributed by atoms with Crippen LogP contribution in [0.2, 0.25) is 0 Å². The quantitative estimate of drug-likeness (QED) is 0.922. The Morgan fingerprint density at radius 2 is 2.05 bits per heavy atom. The van der Waals surface area contributed by atoms with Crippen molar-refractivity contribution in [3.63, 3.8) is 0 Å². The average Bonchev–Trinajstić information content (AvgIpc) is 2.74. The number of anilines is 1. The van der Waals surface area contributed by atoms with E-state index < -0.39 is 6.10 Å². The molecule has 0 fully saturated rings. The summed E-state index contributed by atoms with van der Waals surface area (Å²) >= 11 is 3.50. The van der Waals surface area contributed by atoms with E-state index in [1.54, 1.807) is 6.92 Å². The van der Waals surface area contributed by atoms with Crippen molar-refractivity contribution in [2.75, 3.05) is 11.9 Å². The van der Waals surface area contributed by atoms with Crippen molar-refractivity contribution in [2.45, 2.75) is 26.5 Å². The number of hydrogen-bond acceptors (Lipinski definition) is 3. The lowest BCUT2D eigenvalue weighted by molar-refractivity contribution is 0.198. The highest BCUT2D eigenvalue weighted by atomic mass is 79.9. The fraction of sp³-hybridized carbons (Fsp3) is 0.333. The van der Waals surface area contributed by atoms with Gasteiger partial charge in [0.25, 0.3) is 0 Å². The van der Waals surface area contributed by atoms with Gasteiger partial charge in [0, 0.05) is 17.2 Å². The number of aryl methyl sites for hydroxylation is 1. The van der Waals surface area contributed by atoms with Crippen LogP contribution in [-0.2, 0) is 6.54 Å². The second-order valence-electron chi connectivity index (χ2n) is 4.75. The summed E-state index contributed by atoms with van der Waals surface area (Å²) in [4.78, 5) is 2.11. The summed E-state index contributed by atoms with van der Waals surface area (Å²) in [5, 5.41) is 9.61. The molecule has 0 radical (unpaired) electrons. The SMILES string of the molecule is Cc1ccc(CN(C)c2ccc(C(C)O)c(Br)c2)o1. The number of halogens is 1. The Morgan fingerprint density at radius 1 is 1.32 bits per heavy atom. The molecule has 1 unspecified atom stereocenters. The monoisotopic (exact) mass is 323 g/mol. The average molecular weight is 324 g/mol. The number of rotatable bonds is 4. The lowest BCUT2D eigenvalue weighted by atomic mass is 10.1. The van der Waals surface area contributed by atoms with E-state index in [1.165, 1.54) is 0 Å². The minimum absolute atomic E-state index is 0.471. The fourth-order valence-corrected chi connectivity index (χ4v) is 2.69. The van der Waals surface area contributed by atoms with Gasteiger partial charge in [0.1, 0.15) is 11.5 Å². The molecule has 1 atom stereocenters. The Labute approximate surface area is 122 Å². The Hall–Kier alpha value is -1.26. The normalized spacial score (nSPS) is 12.5. The van der Waals surface area contributed by atoms with E-state index in [0.29, 0.717) is 6.54 Å². The molecule has 3 nitrogen and oxygen atoms in total. The molecule has 1 aromatic heterocycles. The molecule has 0 aliphatic carbocycles. The maximum atomic E-state index is 9.61. The molecule has 102 valence electrons. The summed E-state index contributed by atoms with van der Waals surface area (Å²) in [6.45, 7) is 4.42. The summed E-state index contributed by atoms with van der Waals surface area (Å²) < 4.78 is 6.49. The zero-order valence-electron chi connectivity index (χ0n) is 11.4. The van der Waals surface area contributed by atoms with Crippen LogP contribution in [0, 0.1) is 6.92 Å². The van der Waals surface area contributed by atoms with Crippen LogP contribution >= 0.6 is 15.9 Å². The lowest BCUT2D eigenvalue weighted by Gasteiger charge is -2.19. The second kappa shape index (κ2) is 5.80. The van der Waals surface area contributed by atoms with Crippen molar-refractivity contribution in [3.8, 4) is 0 Å². The summed E-state index contributed by atoms with van der Waals surface area (Å²) in [5.41, 5.74) is 1.97. The third-order valence-corrected chi connectivity index (χ3v) is 3.75. The number of nitrogens with zero attached hydrogens (tertiary/aromatic N) is 1. The van der Waals surface area contributed by atoms with Gasteiger partial charge in [-0.1, -0.05) is 22.0 Å². The highest BCUT2D eigenvalue weighted by molar-refractivity contribution is 9.10.